The van der Waals surface area contributed by atoms with Gasteiger partial charge in [0.1, 0.15) is 0 Å². The van der Waals surface area contributed by atoms with Gasteiger partial charge in [-0.25, -0.2) is 5.14 Å². The third-order valence-electron chi connectivity index (χ3n) is 2.50. The quantitative estimate of drug-likeness (QED) is 0.897. The minimum atomic E-state index is -3.85. The van der Waals surface area contributed by atoms with E-state index in [1.807, 2.05) is 42.5 Å². The molecule has 0 aliphatic heterocycles. The predicted molar refractivity (Wildman–Crippen MR) is 66.7 cm³/mol. The van der Waals surface area contributed by atoms with Gasteiger partial charge in [-0.15, -0.1) is 0 Å². The maximum absolute atomic E-state index is 10.6. The maximum Gasteiger partial charge on any atom is 0.333 e. The molecule has 0 saturated carbocycles. The van der Waals surface area contributed by atoms with Crippen molar-refractivity contribution in [3.05, 3.63) is 48.0 Å². The fourth-order valence-corrected chi connectivity index (χ4v) is 2.09. The number of rotatable bonds is 4. The Bertz CT molecular complexity index is 617. The van der Waals surface area contributed by atoms with Gasteiger partial charge < -0.3 is 0 Å². The summed E-state index contributed by atoms with van der Waals surface area (Å²) in [6, 6.07) is 13.8. The van der Waals surface area contributed by atoms with Crippen molar-refractivity contribution in [3.63, 3.8) is 0 Å². The summed E-state index contributed by atoms with van der Waals surface area (Å²) in [4.78, 5) is 0. The Morgan fingerprint density at radius 3 is 2.53 bits per heavy atom. The number of hydrogen-bond acceptors (Lipinski definition) is 3. The normalized spacial score (nSPS) is 11.8. The molecule has 17 heavy (non-hydrogen) atoms. The van der Waals surface area contributed by atoms with Crippen molar-refractivity contribution in [2.75, 3.05) is 6.61 Å². The monoisotopic (exact) mass is 251 g/mol. The van der Waals surface area contributed by atoms with Crippen molar-refractivity contribution in [3.8, 4) is 0 Å². The molecule has 2 aromatic carbocycles. The summed E-state index contributed by atoms with van der Waals surface area (Å²) in [6.07, 6.45) is 0.512. The molecule has 0 saturated heterocycles. The van der Waals surface area contributed by atoms with Gasteiger partial charge in [0.25, 0.3) is 0 Å². The molecule has 0 bridgehead atoms. The molecule has 0 heterocycles. The summed E-state index contributed by atoms with van der Waals surface area (Å²) in [5.74, 6) is 0. The van der Waals surface area contributed by atoms with Crippen LogP contribution >= 0.6 is 0 Å². The van der Waals surface area contributed by atoms with Gasteiger partial charge in [-0.2, -0.15) is 8.42 Å². The minimum Gasteiger partial charge on any atom is -0.258 e. The van der Waals surface area contributed by atoms with Crippen LogP contribution in [0.25, 0.3) is 10.8 Å². The van der Waals surface area contributed by atoms with Crippen LogP contribution < -0.4 is 5.14 Å². The highest BCUT2D eigenvalue weighted by Crippen LogP contribution is 2.18. The predicted octanol–water partition coefficient (Wildman–Crippen LogP) is 1.60. The molecule has 0 aliphatic rings. The molecule has 0 aromatic heterocycles. The Kier molecular flexibility index (Phi) is 3.42. The van der Waals surface area contributed by atoms with E-state index in [1.54, 1.807) is 0 Å². The SMILES string of the molecule is NS(=O)(=O)OCCc1cccc2ccccc12. The van der Waals surface area contributed by atoms with Crippen LogP contribution in [-0.2, 0) is 20.9 Å². The van der Waals surface area contributed by atoms with Gasteiger partial charge in [0, 0.05) is 0 Å². The Hall–Kier alpha value is -1.43. The van der Waals surface area contributed by atoms with Crippen LogP contribution in [0, 0.1) is 0 Å². The van der Waals surface area contributed by atoms with E-state index in [2.05, 4.69) is 4.18 Å². The first-order chi connectivity index (χ1) is 8.06. The molecule has 2 rings (SSSR count). The first kappa shape index (κ1) is 12.0. The van der Waals surface area contributed by atoms with Gasteiger partial charge >= 0.3 is 10.3 Å². The molecular weight excluding hydrogens is 238 g/mol. The number of fused-ring (bicyclic) bond motifs is 1. The maximum atomic E-state index is 10.6. The fourth-order valence-electron chi connectivity index (χ4n) is 1.78. The largest absolute Gasteiger partial charge is 0.333 e. The summed E-state index contributed by atoms with van der Waals surface area (Å²) in [6.45, 7) is 0.0623. The standard InChI is InChI=1S/C12H13NO3S/c13-17(14,15)16-9-8-11-6-3-5-10-4-1-2-7-12(10)11/h1-7H,8-9H2,(H2,13,14,15). The van der Waals surface area contributed by atoms with E-state index in [0.29, 0.717) is 6.42 Å². The Morgan fingerprint density at radius 1 is 1.06 bits per heavy atom. The van der Waals surface area contributed by atoms with Gasteiger partial charge in [-0.05, 0) is 22.8 Å². The summed E-state index contributed by atoms with van der Waals surface area (Å²) >= 11 is 0. The smallest absolute Gasteiger partial charge is 0.258 e. The molecule has 0 aliphatic carbocycles. The zero-order chi connectivity index (χ0) is 12.3. The third kappa shape index (κ3) is 3.26. The molecule has 2 N–H and O–H groups in total. The van der Waals surface area contributed by atoms with E-state index in [4.69, 9.17) is 5.14 Å². The first-order valence-corrected chi connectivity index (χ1v) is 6.67. The molecule has 4 nitrogen and oxygen atoms in total. The van der Waals surface area contributed by atoms with E-state index < -0.39 is 10.3 Å². The Labute approximate surface area is 100 Å². The van der Waals surface area contributed by atoms with Crippen molar-refractivity contribution >= 4 is 21.1 Å². The van der Waals surface area contributed by atoms with E-state index in [9.17, 15) is 8.42 Å². The van der Waals surface area contributed by atoms with E-state index in [-0.39, 0.29) is 6.61 Å². The lowest BCUT2D eigenvalue weighted by molar-refractivity contribution is 0.323. The first-order valence-electron chi connectivity index (χ1n) is 5.20. The van der Waals surface area contributed by atoms with Crippen molar-refractivity contribution < 1.29 is 12.6 Å². The van der Waals surface area contributed by atoms with Crippen molar-refractivity contribution in [2.24, 2.45) is 5.14 Å². The van der Waals surface area contributed by atoms with Crippen LogP contribution in [0.2, 0.25) is 0 Å². The molecule has 5 heteroatoms. The number of nitrogens with two attached hydrogens (primary N) is 1. The molecule has 0 fully saturated rings. The Balaban J connectivity index is 2.19. The summed E-state index contributed by atoms with van der Waals surface area (Å²) in [5.41, 5.74) is 1.05. The summed E-state index contributed by atoms with van der Waals surface area (Å²) in [7, 11) is -3.85. The van der Waals surface area contributed by atoms with E-state index in [1.165, 1.54) is 0 Å². The molecule has 0 spiro atoms. The minimum absolute atomic E-state index is 0.0623. The summed E-state index contributed by atoms with van der Waals surface area (Å²) < 4.78 is 25.8. The van der Waals surface area contributed by atoms with Crippen molar-refractivity contribution in [1.29, 1.82) is 0 Å². The number of benzene rings is 2. The van der Waals surface area contributed by atoms with Crippen LogP contribution in [0.3, 0.4) is 0 Å². The Morgan fingerprint density at radius 2 is 1.76 bits per heavy atom. The van der Waals surface area contributed by atoms with Crippen LogP contribution in [-0.4, -0.2) is 15.0 Å². The highest BCUT2D eigenvalue weighted by atomic mass is 32.2. The van der Waals surface area contributed by atoms with Crippen molar-refractivity contribution in [1.82, 2.24) is 0 Å². The summed E-state index contributed by atoms with van der Waals surface area (Å²) in [5, 5.41) is 6.99. The van der Waals surface area contributed by atoms with Crippen LogP contribution in [0.1, 0.15) is 5.56 Å². The number of hydrogen-bond donors (Lipinski definition) is 1. The molecule has 0 radical (unpaired) electrons. The van der Waals surface area contributed by atoms with Crippen LogP contribution in [0.4, 0.5) is 0 Å². The second-order valence-electron chi connectivity index (χ2n) is 3.70. The third-order valence-corrected chi connectivity index (χ3v) is 2.99. The molecule has 2 aromatic rings. The topological polar surface area (TPSA) is 69.4 Å². The second-order valence-corrected chi connectivity index (χ2v) is 4.92. The van der Waals surface area contributed by atoms with Gasteiger partial charge in [0.15, 0.2) is 0 Å². The fraction of sp³-hybridized carbons (Fsp3) is 0.167. The zero-order valence-electron chi connectivity index (χ0n) is 9.17. The van der Waals surface area contributed by atoms with E-state index in [0.717, 1.165) is 16.3 Å². The van der Waals surface area contributed by atoms with Gasteiger partial charge in [0.05, 0.1) is 6.61 Å². The average molecular weight is 251 g/mol. The highest BCUT2D eigenvalue weighted by Gasteiger charge is 2.04. The molecule has 0 amide bonds. The lowest BCUT2D eigenvalue weighted by Crippen LogP contribution is -2.17. The highest BCUT2D eigenvalue weighted by molar-refractivity contribution is 7.84. The van der Waals surface area contributed by atoms with E-state index >= 15 is 0 Å². The molecule has 0 atom stereocenters. The van der Waals surface area contributed by atoms with Crippen molar-refractivity contribution in [2.45, 2.75) is 6.42 Å². The van der Waals surface area contributed by atoms with Gasteiger partial charge in [0.2, 0.25) is 0 Å². The van der Waals surface area contributed by atoms with Gasteiger partial charge in [-0.1, -0.05) is 42.5 Å². The second kappa shape index (κ2) is 4.83. The van der Waals surface area contributed by atoms with Crippen LogP contribution in [0.15, 0.2) is 42.5 Å². The zero-order valence-corrected chi connectivity index (χ0v) is 9.98. The lowest BCUT2D eigenvalue weighted by Gasteiger charge is -2.06. The molecule has 90 valence electrons. The lowest BCUT2D eigenvalue weighted by atomic mass is 10.0. The van der Waals surface area contributed by atoms with Gasteiger partial charge in [-0.3, -0.25) is 4.18 Å². The molecular formula is C12H13NO3S. The van der Waals surface area contributed by atoms with Crippen LogP contribution in [0.5, 0.6) is 0 Å². The average Bonchev–Trinajstić information content (AvgIpc) is 2.28. The molecule has 0 unspecified atom stereocenters.